The summed E-state index contributed by atoms with van der Waals surface area (Å²) in [5.41, 5.74) is 2.21. The molecule has 3 aromatic rings. The first-order valence-corrected chi connectivity index (χ1v) is 10.3. The van der Waals surface area contributed by atoms with Gasteiger partial charge in [-0.15, -0.1) is 0 Å². The van der Waals surface area contributed by atoms with E-state index in [1.807, 2.05) is 18.2 Å². The normalized spacial score (nSPS) is 19.4. The van der Waals surface area contributed by atoms with E-state index in [1.165, 1.54) is 22.6 Å². The van der Waals surface area contributed by atoms with Crippen molar-refractivity contribution in [3.8, 4) is 0 Å². The summed E-state index contributed by atoms with van der Waals surface area (Å²) in [5, 5.41) is 2.81. The van der Waals surface area contributed by atoms with Crippen LogP contribution in [0.2, 0.25) is 5.02 Å². The summed E-state index contributed by atoms with van der Waals surface area (Å²) in [6, 6.07) is 18.2. The van der Waals surface area contributed by atoms with Gasteiger partial charge in [0, 0.05) is 10.6 Å². The lowest BCUT2D eigenvalue weighted by Gasteiger charge is -2.25. The molecule has 4 rings (SSSR count). The Hall–Kier alpha value is -1.92. The molecule has 0 aromatic heterocycles. The van der Waals surface area contributed by atoms with Crippen LogP contribution >= 0.6 is 11.6 Å². The first-order chi connectivity index (χ1) is 12.4. The molecule has 0 fully saturated rings. The fourth-order valence-corrected chi connectivity index (χ4v) is 5.26. The second-order valence-electron chi connectivity index (χ2n) is 6.90. The Bertz CT molecular complexity index is 1070. The van der Waals surface area contributed by atoms with E-state index >= 15 is 0 Å². The standard InChI is InChI=1S/C20H19ClN2O2S/c1-23(2)20-17-8-4-6-13-5-3-7-16(18(13)17)19(20)22-26(24,25)15-11-9-14(21)10-12-15/h3-12,19-20,22H,1-2H3/p+1/t19-,20-/m0/s1. The van der Waals surface area contributed by atoms with Crippen LogP contribution in [0, 0.1) is 0 Å². The van der Waals surface area contributed by atoms with E-state index in [0.29, 0.717) is 5.02 Å². The fourth-order valence-electron chi connectivity index (χ4n) is 3.90. The average Bonchev–Trinajstić information content (AvgIpc) is 2.91. The molecule has 1 aliphatic rings. The van der Waals surface area contributed by atoms with E-state index in [-0.39, 0.29) is 17.0 Å². The van der Waals surface area contributed by atoms with E-state index in [4.69, 9.17) is 11.6 Å². The van der Waals surface area contributed by atoms with E-state index in [2.05, 4.69) is 37.0 Å². The number of likely N-dealkylation sites (N-methyl/N-ethyl adjacent to an activating group) is 1. The maximum Gasteiger partial charge on any atom is 0.241 e. The zero-order valence-corrected chi connectivity index (χ0v) is 16.1. The second kappa shape index (κ2) is 6.35. The van der Waals surface area contributed by atoms with Gasteiger partial charge in [0.05, 0.1) is 19.0 Å². The average molecular weight is 388 g/mol. The van der Waals surface area contributed by atoms with Crippen LogP contribution in [0.1, 0.15) is 23.2 Å². The molecule has 1 aliphatic carbocycles. The van der Waals surface area contributed by atoms with Gasteiger partial charge in [0.15, 0.2) is 0 Å². The van der Waals surface area contributed by atoms with E-state index in [0.717, 1.165) is 16.3 Å². The first kappa shape index (κ1) is 17.5. The highest BCUT2D eigenvalue weighted by molar-refractivity contribution is 7.89. The van der Waals surface area contributed by atoms with Crippen LogP contribution in [-0.2, 0) is 10.0 Å². The minimum atomic E-state index is -3.66. The third-order valence-corrected chi connectivity index (χ3v) is 6.71. The maximum absolute atomic E-state index is 13.0. The highest BCUT2D eigenvalue weighted by Crippen LogP contribution is 2.43. The molecular weight excluding hydrogens is 368 g/mol. The highest BCUT2D eigenvalue weighted by Gasteiger charge is 2.41. The molecule has 26 heavy (non-hydrogen) atoms. The lowest BCUT2D eigenvalue weighted by atomic mass is 10.0. The number of nitrogens with one attached hydrogen (secondary N) is 2. The van der Waals surface area contributed by atoms with Gasteiger partial charge in [-0.2, -0.15) is 4.72 Å². The molecule has 0 heterocycles. The second-order valence-corrected chi connectivity index (χ2v) is 9.05. The van der Waals surface area contributed by atoms with Crippen LogP contribution in [-0.4, -0.2) is 22.5 Å². The fraction of sp³-hybridized carbons (Fsp3) is 0.200. The SMILES string of the molecule is C[NH+](C)[C@H]1c2cccc3cccc(c23)[C@@H]1NS(=O)(=O)c1ccc(Cl)cc1. The molecule has 0 saturated heterocycles. The number of rotatable bonds is 4. The van der Waals surface area contributed by atoms with Crippen molar-refractivity contribution in [2.24, 2.45) is 0 Å². The smallest absolute Gasteiger partial charge is 0.241 e. The van der Waals surface area contributed by atoms with E-state index in [9.17, 15) is 8.42 Å². The molecule has 0 unspecified atom stereocenters. The molecule has 3 aromatic carbocycles. The minimum Gasteiger partial charge on any atom is -0.332 e. The van der Waals surface area contributed by atoms with Gasteiger partial charge in [0.2, 0.25) is 10.0 Å². The Kier molecular flexibility index (Phi) is 4.28. The Morgan fingerprint density at radius 3 is 2.15 bits per heavy atom. The van der Waals surface area contributed by atoms with Gasteiger partial charge in [-0.25, -0.2) is 8.42 Å². The lowest BCUT2D eigenvalue weighted by molar-refractivity contribution is -0.894. The van der Waals surface area contributed by atoms with Crippen molar-refractivity contribution in [2.75, 3.05) is 14.1 Å². The van der Waals surface area contributed by atoms with Crippen LogP contribution in [0.15, 0.2) is 65.6 Å². The van der Waals surface area contributed by atoms with E-state index < -0.39 is 10.0 Å². The van der Waals surface area contributed by atoms with Crippen molar-refractivity contribution in [1.29, 1.82) is 0 Å². The molecule has 6 heteroatoms. The summed E-state index contributed by atoms with van der Waals surface area (Å²) in [7, 11) is 0.446. The third-order valence-electron chi connectivity index (χ3n) is 5.00. The highest BCUT2D eigenvalue weighted by atomic mass is 35.5. The van der Waals surface area contributed by atoms with Crippen molar-refractivity contribution in [3.63, 3.8) is 0 Å². The third kappa shape index (κ3) is 2.81. The molecule has 134 valence electrons. The number of sulfonamides is 1. The number of halogens is 1. The van der Waals surface area contributed by atoms with Crippen molar-refractivity contribution < 1.29 is 13.3 Å². The predicted molar refractivity (Wildman–Crippen MR) is 104 cm³/mol. The monoisotopic (exact) mass is 387 g/mol. The van der Waals surface area contributed by atoms with Gasteiger partial charge in [-0.3, -0.25) is 0 Å². The molecule has 0 radical (unpaired) electrons. The first-order valence-electron chi connectivity index (χ1n) is 8.48. The van der Waals surface area contributed by atoms with Crippen molar-refractivity contribution in [1.82, 2.24) is 4.72 Å². The Morgan fingerprint density at radius 2 is 1.54 bits per heavy atom. The van der Waals surface area contributed by atoms with E-state index in [1.54, 1.807) is 12.1 Å². The summed E-state index contributed by atoms with van der Waals surface area (Å²) in [6.45, 7) is 0. The van der Waals surface area contributed by atoms with Gasteiger partial charge in [-0.1, -0.05) is 48.0 Å². The van der Waals surface area contributed by atoms with Crippen LogP contribution in [0.5, 0.6) is 0 Å². The minimum absolute atomic E-state index is 0.0122. The number of benzene rings is 3. The molecule has 4 nitrogen and oxygen atoms in total. The Labute approximate surface area is 158 Å². The van der Waals surface area contributed by atoms with Gasteiger partial charge in [-0.05, 0) is 40.6 Å². The summed E-state index contributed by atoms with van der Waals surface area (Å²) < 4.78 is 28.9. The summed E-state index contributed by atoms with van der Waals surface area (Å²) >= 11 is 5.89. The summed E-state index contributed by atoms with van der Waals surface area (Å²) in [4.78, 5) is 1.40. The zero-order valence-electron chi connectivity index (χ0n) is 14.5. The molecule has 2 N–H and O–H groups in total. The maximum atomic E-state index is 13.0. The van der Waals surface area contributed by atoms with Gasteiger partial charge < -0.3 is 4.90 Å². The quantitative estimate of drug-likeness (QED) is 0.723. The Morgan fingerprint density at radius 1 is 0.923 bits per heavy atom. The molecule has 0 bridgehead atoms. The van der Waals surface area contributed by atoms with Gasteiger partial charge in [0.25, 0.3) is 0 Å². The molecule has 0 saturated carbocycles. The van der Waals surface area contributed by atoms with Crippen LogP contribution in [0.3, 0.4) is 0 Å². The van der Waals surface area contributed by atoms with Crippen LogP contribution in [0.25, 0.3) is 10.8 Å². The molecule has 0 aliphatic heterocycles. The zero-order chi connectivity index (χ0) is 18.5. The molecule has 0 amide bonds. The predicted octanol–water partition coefficient (Wildman–Crippen LogP) is 2.71. The Balaban J connectivity index is 1.81. The number of quaternary nitrogens is 1. The molecular formula is C20H20ClN2O2S+. The largest absolute Gasteiger partial charge is 0.332 e. The number of hydrogen-bond acceptors (Lipinski definition) is 2. The van der Waals surface area contributed by atoms with Gasteiger partial charge in [0.1, 0.15) is 12.1 Å². The topological polar surface area (TPSA) is 50.6 Å². The molecule has 0 spiro atoms. The van der Waals surface area contributed by atoms with Crippen molar-refractivity contribution in [2.45, 2.75) is 17.0 Å². The summed E-state index contributed by atoms with van der Waals surface area (Å²) in [5.74, 6) is 0. The van der Waals surface area contributed by atoms with Crippen LogP contribution in [0.4, 0.5) is 0 Å². The number of hydrogen-bond donors (Lipinski definition) is 2. The van der Waals surface area contributed by atoms with Crippen molar-refractivity contribution in [3.05, 3.63) is 76.8 Å². The molecule has 2 atom stereocenters. The van der Waals surface area contributed by atoms with Gasteiger partial charge >= 0.3 is 0 Å². The van der Waals surface area contributed by atoms with Crippen LogP contribution < -0.4 is 9.62 Å². The van der Waals surface area contributed by atoms with Crippen molar-refractivity contribution >= 4 is 32.4 Å². The lowest BCUT2D eigenvalue weighted by Crippen LogP contribution is -3.06. The summed E-state index contributed by atoms with van der Waals surface area (Å²) in [6.07, 6.45) is 0.